The fourth-order valence-electron chi connectivity index (χ4n) is 1.49. The predicted octanol–water partition coefficient (Wildman–Crippen LogP) is 3.21. The van der Waals surface area contributed by atoms with Gasteiger partial charge in [-0.05, 0) is 32.0 Å². The van der Waals surface area contributed by atoms with Crippen molar-refractivity contribution < 1.29 is 4.39 Å². The number of hydrogen-bond donors (Lipinski definition) is 2. The first kappa shape index (κ1) is 12.6. The Morgan fingerprint density at radius 1 is 1.28 bits per heavy atom. The van der Waals surface area contributed by atoms with Gasteiger partial charge in [0.1, 0.15) is 23.3 Å². The molecule has 0 unspecified atom stereocenters. The molecule has 2 rings (SSSR count). The van der Waals surface area contributed by atoms with Crippen LogP contribution in [-0.2, 0) is 0 Å². The average Bonchev–Trinajstić information content (AvgIpc) is 2.30. The molecule has 0 spiro atoms. The molecule has 18 heavy (non-hydrogen) atoms. The minimum Gasteiger partial charge on any atom is -0.383 e. The second-order valence-electron chi connectivity index (χ2n) is 3.88. The largest absolute Gasteiger partial charge is 0.383 e. The second kappa shape index (κ2) is 4.78. The lowest BCUT2D eigenvalue weighted by atomic mass is 10.2. The van der Waals surface area contributed by atoms with E-state index in [-0.39, 0.29) is 5.69 Å². The highest BCUT2D eigenvalue weighted by molar-refractivity contribution is 6.30. The average molecular weight is 267 g/mol. The summed E-state index contributed by atoms with van der Waals surface area (Å²) in [6.45, 7) is 3.48. The van der Waals surface area contributed by atoms with Gasteiger partial charge >= 0.3 is 0 Å². The van der Waals surface area contributed by atoms with Gasteiger partial charge in [-0.2, -0.15) is 0 Å². The Balaban J connectivity index is 2.43. The van der Waals surface area contributed by atoms with Crippen LogP contribution in [-0.4, -0.2) is 9.97 Å². The molecule has 1 aromatic heterocycles. The van der Waals surface area contributed by atoms with Crippen molar-refractivity contribution in [3.05, 3.63) is 40.4 Å². The van der Waals surface area contributed by atoms with E-state index in [1.807, 2.05) is 0 Å². The summed E-state index contributed by atoms with van der Waals surface area (Å²) in [6.07, 6.45) is 0. The fraction of sp³-hybridized carbons (Fsp3) is 0.167. The molecule has 0 bridgehead atoms. The van der Waals surface area contributed by atoms with Gasteiger partial charge < -0.3 is 11.1 Å². The topological polar surface area (TPSA) is 63.8 Å². The predicted molar refractivity (Wildman–Crippen MR) is 70.6 cm³/mol. The van der Waals surface area contributed by atoms with E-state index in [1.165, 1.54) is 18.2 Å². The molecule has 94 valence electrons. The monoisotopic (exact) mass is 266 g/mol. The maximum atomic E-state index is 13.6. The van der Waals surface area contributed by atoms with Crippen LogP contribution in [0.3, 0.4) is 0 Å². The Bertz CT molecular complexity index is 601. The van der Waals surface area contributed by atoms with E-state index < -0.39 is 5.82 Å². The van der Waals surface area contributed by atoms with Gasteiger partial charge in [0.2, 0.25) is 0 Å². The summed E-state index contributed by atoms with van der Waals surface area (Å²) in [5.74, 6) is 0.949. The Hall–Kier alpha value is -1.88. The molecular weight excluding hydrogens is 255 g/mol. The summed E-state index contributed by atoms with van der Waals surface area (Å²) in [4.78, 5) is 8.21. The molecule has 0 fully saturated rings. The number of rotatable bonds is 2. The van der Waals surface area contributed by atoms with Crippen molar-refractivity contribution in [2.75, 3.05) is 11.1 Å². The molecule has 1 aromatic carbocycles. The zero-order valence-corrected chi connectivity index (χ0v) is 10.7. The van der Waals surface area contributed by atoms with Gasteiger partial charge in [0.15, 0.2) is 0 Å². The Kier molecular flexibility index (Phi) is 3.34. The highest BCUT2D eigenvalue weighted by Crippen LogP contribution is 2.25. The molecule has 0 aliphatic carbocycles. The third-order valence-corrected chi connectivity index (χ3v) is 2.71. The summed E-state index contributed by atoms with van der Waals surface area (Å²) in [5.41, 5.74) is 6.65. The van der Waals surface area contributed by atoms with Crippen molar-refractivity contribution in [3.63, 3.8) is 0 Å². The highest BCUT2D eigenvalue weighted by atomic mass is 35.5. The van der Waals surface area contributed by atoms with Crippen LogP contribution in [0.5, 0.6) is 0 Å². The van der Waals surface area contributed by atoms with E-state index in [0.29, 0.717) is 28.0 Å². The maximum absolute atomic E-state index is 13.6. The van der Waals surface area contributed by atoms with E-state index in [2.05, 4.69) is 15.3 Å². The van der Waals surface area contributed by atoms with Gasteiger partial charge in [-0.3, -0.25) is 0 Å². The van der Waals surface area contributed by atoms with Crippen molar-refractivity contribution in [3.8, 4) is 0 Å². The van der Waals surface area contributed by atoms with Crippen molar-refractivity contribution in [2.24, 2.45) is 0 Å². The first-order valence-electron chi connectivity index (χ1n) is 5.30. The highest BCUT2D eigenvalue weighted by Gasteiger charge is 2.09. The molecule has 3 N–H and O–H groups in total. The van der Waals surface area contributed by atoms with Crippen LogP contribution in [0.4, 0.5) is 21.7 Å². The van der Waals surface area contributed by atoms with Crippen LogP contribution in [0, 0.1) is 19.7 Å². The van der Waals surface area contributed by atoms with Gasteiger partial charge in [0.05, 0.1) is 5.69 Å². The number of nitrogens with one attached hydrogen (secondary N) is 1. The van der Waals surface area contributed by atoms with E-state index >= 15 is 0 Å². The summed E-state index contributed by atoms with van der Waals surface area (Å²) in [6, 6.07) is 4.26. The Morgan fingerprint density at radius 2 is 2.00 bits per heavy atom. The van der Waals surface area contributed by atoms with Crippen molar-refractivity contribution in [2.45, 2.75) is 13.8 Å². The van der Waals surface area contributed by atoms with E-state index in [4.69, 9.17) is 17.3 Å². The molecule has 0 atom stereocenters. The minimum atomic E-state index is -0.409. The quantitative estimate of drug-likeness (QED) is 0.876. The molecule has 0 saturated heterocycles. The van der Waals surface area contributed by atoms with Gasteiger partial charge in [0, 0.05) is 10.6 Å². The molecule has 0 aliphatic rings. The van der Waals surface area contributed by atoms with Crippen LogP contribution in [0.15, 0.2) is 18.2 Å². The Labute approximate surface area is 109 Å². The smallest absolute Gasteiger partial charge is 0.146 e. The normalized spacial score (nSPS) is 10.4. The molecule has 0 radical (unpaired) electrons. The van der Waals surface area contributed by atoms with Gasteiger partial charge in [-0.15, -0.1) is 0 Å². The zero-order valence-electron chi connectivity index (χ0n) is 9.96. The number of aromatic nitrogens is 2. The fourth-order valence-corrected chi connectivity index (χ4v) is 1.66. The lowest BCUT2D eigenvalue weighted by molar-refractivity contribution is 0.632. The third-order valence-electron chi connectivity index (χ3n) is 2.48. The number of nitrogen functional groups attached to an aromatic ring is 1. The first-order valence-corrected chi connectivity index (χ1v) is 5.68. The van der Waals surface area contributed by atoms with E-state index in [1.54, 1.807) is 13.8 Å². The first-order chi connectivity index (χ1) is 8.47. The zero-order chi connectivity index (χ0) is 13.3. The molecule has 6 heteroatoms. The lowest BCUT2D eigenvalue weighted by Crippen LogP contribution is -2.05. The van der Waals surface area contributed by atoms with E-state index in [9.17, 15) is 4.39 Å². The Morgan fingerprint density at radius 3 is 2.72 bits per heavy atom. The number of benzene rings is 1. The molecule has 2 aromatic rings. The molecule has 0 amide bonds. The lowest BCUT2D eigenvalue weighted by Gasteiger charge is -2.11. The summed E-state index contributed by atoms with van der Waals surface area (Å²) in [5, 5.41) is 3.31. The summed E-state index contributed by atoms with van der Waals surface area (Å²) >= 11 is 5.82. The van der Waals surface area contributed by atoms with Crippen LogP contribution in [0.2, 0.25) is 5.02 Å². The minimum absolute atomic E-state index is 0.253. The molecular formula is C12H12ClFN4. The summed E-state index contributed by atoms with van der Waals surface area (Å²) < 4.78 is 13.6. The van der Waals surface area contributed by atoms with Gasteiger partial charge in [0.25, 0.3) is 0 Å². The summed E-state index contributed by atoms with van der Waals surface area (Å²) in [7, 11) is 0. The number of nitrogens with zero attached hydrogens (tertiary/aromatic N) is 2. The van der Waals surface area contributed by atoms with Crippen LogP contribution in [0.1, 0.15) is 11.4 Å². The van der Waals surface area contributed by atoms with Crippen LogP contribution >= 0.6 is 11.6 Å². The number of anilines is 3. The van der Waals surface area contributed by atoms with Gasteiger partial charge in [-0.25, -0.2) is 14.4 Å². The van der Waals surface area contributed by atoms with Crippen molar-refractivity contribution in [1.82, 2.24) is 9.97 Å². The molecule has 4 nitrogen and oxygen atoms in total. The van der Waals surface area contributed by atoms with Crippen LogP contribution < -0.4 is 11.1 Å². The standard InChI is InChI=1S/C12H12ClFN4/c1-6-11(15)16-7(2)17-12(6)18-10-5-8(13)3-4-9(10)14/h3-5H,1-2H3,(H3,15,16,17,18). The SMILES string of the molecule is Cc1nc(N)c(C)c(Nc2cc(Cl)ccc2F)n1. The molecule has 0 aliphatic heterocycles. The third kappa shape index (κ3) is 2.51. The van der Waals surface area contributed by atoms with Crippen molar-refractivity contribution >= 4 is 28.9 Å². The molecule has 1 heterocycles. The number of hydrogen-bond acceptors (Lipinski definition) is 4. The molecule has 0 saturated carbocycles. The number of nitrogens with two attached hydrogens (primary N) is 1. The maximum Gasteiger partial charge on any atom is 0.146 e. The van der Waals surface area contributed by atoms with Crippen LogP contribution in [0.25, 0.3) is 0 Å². The number of halogens is 2. The van der Waals surface area contributed by atoms with Crippen molar-refractivity contribution in [1.29, 1.82) is 0 Å². The second-order valence-corrected chi connectivity index (χ2v) is 4.32. The van der Waals surface area contributed by atoms with E-state index in [0.717, 1.165) is 0 Å². The number of aryl methyl sites for hydroxylation is 1. The van der Waals surface area contributed by atoms with Gasteiger partial charge in [-0.1, -0.05) is 11.6 Å².